The van der Waals surface area contributed by atoms with Crippen LogP contribution < -0.4 is 5.73 Å². The van der Waals surface area contributed by atoms with Crippen molar-refractivity contribution in [2.45, 2.75) is 6.04 Å². The SMILES string of the molecule is [CH2]C(N)c1ccncc1. The number of rotatable bonds is 1. The van der Waals surface area contributed by atoms with E-state index in [-0.39, 0.29) is 6.04 Å². The van der Waals surface area contributed by atoms with E-state index in [0.29, 0.717) is 0 Å². The van der Waals surface area contributed by atoms with Gasteiger partial charge in [0.05, 0.1) is 0 Å². The maximum Gasteiger partial charge on any atom is 0.0296 e. The van der Waals surface area contributed by atoms with Crippen LogP contribution in [-0.2, 0) is 0 Å². The molecule has 0 aliphatic rings. The van der Waals surface area contributed by atoms with Gasteiger partial charge in [0.1, 0.15) is 0 Å². The van der Waals surface area contributed by atoms with Crippen LogP contribution in [0.25, 0.3) is 0 Å². The highest BCUT2D eigenvalue weighted by molar-refractivity contribution is 5.14. The monoisotopic (exact) mass is 121 g/mol. The fourth-order valence-electron chi connectivity index (χ4n) is 0.611. The summed E-state index contributed by atoms with van der Waals surface area (Å²) in [6, 6.07) is 3.59. The molecule has 0 aromatic carbocycles. The third-order valence-electron chi connectivity index (χ3n) is 1.13. The number of pyridine rings is 1. The second-order valence-electron chi connectivity index (χ2n) is 1.89. The molecule has 47 valence electrons. The van der Waals surface area contributed by atoms with E-state index in [1.165, 1.54) is 0 Å². The third-order valence-corrected chi connectivity index (χ3v) is 1.13. The Balaban J connectivity index is 2.85. The van der Waals surface area contributed by atoms with Gasteiger partial charge in [0.2, 0.25) is 0 Å². The van der Waals surface area contributed by atoms with Crippen LogP contribution in [0.1, 0.15) is 11.6 Å². The zero-order chi connectivity index (χ0) is 6.69. The molecule has 9 heavy (non-hydrogen) atoms. The van der Waals surface area contributed by atoms with E-state index in [1.54, 1.807) is 12.4 Å². The molecule has 1 aromatic heterocycles. The summed E-state index contributed by atoms with van der Waals surface area (Å²) in [5, 5.41) is 0. The molecule has 0 amide bonds. The Morgan fingerprint density at radius 1 is 1.44 bits per heavy atom. The summed E-state index contributed by atoms with van der Waals surface area (Å²) < 4.78 is 0. The molecule has 1 atom stereocenters. The largest absolute Gasteiger partial charge is 0.324 e. The van der Waals surface area contributed by atoms with Crippen LogP contribution in [-0.4, -0.2) is 4.98 Å². The van der Waals surface area contributed by atoms with E-state index in [0.717, 1.165) is 5.56 Å². The third kappa shape index (κ3) is 1.50. The van der Waals surface area contributed by atoms with Crippen LogP contribution in [0.4, 0.5) is 0 Å². The lowest BCUT2D eigenvalue weighted by atomic mass is 10.1. The lowest BCUT2D eigenvalue weighted by Gasteiger charge is -2.01. The molecule has 1 aromatic rings. The highest BCUT2D eigenvalue weighted by Crippen LogP contribution is 2.04. The lowest BCUT2D eigenvalue weighted by molar-refractivity contribution is 0.903. The number of nitrogens with two attached hydrogens (primary N) is 1. The molecule has 0 aliphatic carbocycles. The summed E-state index contributed by atoms with van der Waals surface area (Å²) in [6.45, 7) is 3.66. The van der Waals surface area contributed by atoms with Gasteiger partial charge < -0.3 is 5.73 Å². The maximum atomic E-state index is 5.47. The molecular weight excluding hydrogens is 112 g/mol. The van der Waals surface area contributed by atoms with Gasteiger partial charge >= 0.3 is 0 Å². The predicted molar refractivity (Wildman–Crippen MR) is 36.5 cm³/mol. The smallest absolute Gasteiger partial charge is 0.0296 e. The highest BCUT2D eigenvalue weighted by atomic mass is 14.6. The van der Waals surface area contributed by atoms with E-state index in [4.69, 9.17) is 5.73 Å². The molecule has 0 spiro atoms. The summed E-state index contributed by atoms with van der Waals surface area (Å²) in [5.74, 6) is 0. The molecule has 1 rings (SSSR count). The quantitative estimate of drug-likeness (QED) is 0.600. The van der Waals surface area contributed by atoms with E-state index >= 15 is 0 Å². The molecule has 0 fully saturated rings. The van der Waals surface area contributed by atoms with Crippen molar-refractivity contribution in [3.8, 4) is 0 Å². The Kier molecular flexibility index (Phi) is 1.80. The Hall–Kier alpha value is -0.890. The second-order valence-corrected chi connectivity index (χ2v) is 1.89. The first-order valence-corrected chi connectivity index (χ1v) is 2.79. The summed E-state index contributed by atoms with van der Waals surface area (Å²) in [6.07, 6.45) is 3.42. The molecule has 1 heterocycles. The van der Waals surface area contributed by atoms with Crippen molar-refractivity contribution in [3.63, 3.8) is 0 Å². The van der Waals surface area contributed by atoms with Gasteiger partial charge in [-0.3, -0.25) is 4.98 Å². The first kappa shape index (κ1) is 6.23. The van der Waals surface area contributed by atoms with Crippen molar-refractivity contribution in [2.24, 2.45) is 5.73 Å². The molecule has 1 unspecified atom stereocenters. The van der Waals surface area contributed by atoms with Gasteiger partial charge in [0.25, 0.3) is 0 Å². The number of hydrogen-bond acceptors (Lipinski definition) is 2. The second kappa shape index (κ2) is 2.60. The number of hydrogen-bond donors (Lipinski definition) is 1. The Labute approximate surface area is 54.7 Å². The predicted octanol–water partition coefficient (Wildman–Crippen LogP) is 0.915. The minimum Gasteiger partial charge on any atom is -0.324 e. The zero-order valence-corrected chi connectivity index (χ0v) is 5.12. The molecule has 2 nitrogen and oxygen atoms in total. The minimum absolute atomic E-state index is 0.131. The lowest BCUT2D eigenvalue weighted by Crippen LogP contribution is -2.04. The van der Waals surface area contributed by atoms with Gasteiger partial charge in [-0.1, -0.05) is 0 Å². The van der Waals surface area contributed by atoms with Crippen LogP contribution in [0.5, 0.6) is 0 Å². The van der Waals surface area contributed by atoms with Crippen molar-refractivity contribution in [1.82, 2.24) is 4.98 Å². The fraction of sp³-hybridized carbons (Fsp3) is 0.143. The fourth-order valence-corrected chi connectivity index (χ4v) is 0.611. The van der Waals surface area contributed by atoms with Gasteiger partial charge in [0.15, 0.2) is 0 Å². The van der Waals surface area contributed by atoms with Crippen LogP contribution in [0.2, 0.25) is 0 Å². The topological polar surface area (TPSA) is 38.9 Å². The zero-order valence-electron chi connectivity index (χ0n) is 5.12. The van der Waals surface area contributed by atoms with Crippen molar-refractivity contribution < 1.29 is 0 Å². The Morgan fingerprint density at radius 3 is 2.33 bits per heavy atom. The highest BCUT2D eigenvalue weighted by Gasteiger charge is 1.94. The van der Waals surface area contributed by atoms with Crippen molar-refractivity contribution in [2.75, 3.05) is 0 Å². The molecule has 0 saturated carbocycles. The standard InChI is InChI=1S/C7H9N2/c1-6(8)7-2-4-9-5-3-7/h2-6H,1,8H2. The minimum atomic E-state index is -0.131. The van der Waals surface area contributed by atoms with E-state index < -0.39 is 0 Å². The average molecular weight is 121 g/mol. The van der Waals surface area contributed by atoms with Crippen molar-refractivity contribution in [1.29, 1.82) is 0 Å². The molecule has 1 radical (unpaired) electrons. The molecular formula is C7H9N2. The number of nitrogens with zero attached hydrogens (tertiary/aromatic N) is 1. The van der Waals surface area contributed by atoms with Gasteiger partial charge in [-0.25, -0.2) is 0 Å². The molecule has 0 saturated heterocycles. The number of aromatic nitrogens is 1. The normalized spacial score (nSPS) is 13.1. The summed E-state index contributed by atoms with van der Waals surface area (Å²) in [7, 11) is 0. The van der Waals surface area contributed by atoms with Crippen molar-refractivity contribution >= 4 is 0 Å². The van der Waals surface area contributed by atoms with Crippen LogP contribution in [0, 0.1) is 6.92 Å². The summed E-state index contributed by atoms with van der Waals surface area (Å²) in [5.41, 5.74) is 6.49. The van der Waals surface area contributed by atoms with Gasteiger partial charge in [-0.15, -0.1) is 0 Å². The average Bonchev–Trinajstić information content (AvgIpc) is 1.90. The Morgan fingerprint density at radius 2 is 2.00 bits per heavy atom. The van der Waals surface area contributed by atoms with Gasteiger partial charge in [0, 0.05) is 18.4 Å². The van der Waals surface area contributed by atoms with E-state index in [1.807, 2.05) is 12.1 Å². The molecule has 2 heteroatoms. The molecule has 2 N–H and O–H groups in total. The maximum absolute atomic E-state index is 5.47. The first-order chi connectivity index (χ1) is 4.30. The first-order valence-electron chi connectivity index (χ1n) is 2.79. The van der Waals surface area contributed by atoms with Gasteiger partial charge in [-0.2, -0.15) is 0 Å². The summed E-state index contributed by atoms with van der Waals surface area (Å²) in [4.78, 5) is 3.84. The van der Waals surface area contributed by atoms with E-state index in [9.17, 15) is 0 Å². The van der Waals surface area contributed by atoms with Gasteiger partial charge in [-0.05, 0) is 24.6 Å². The summed E-state index contributed by atoms with van der Waals surface area (Å²) >= 11 is 0. The van der Waals surface area contributed by atoms with E-state index in [2.05, 4.69) is 11.9 Å². The van der Waals surface area contributed by atoms with Crippen molar-refractivity contribution in [3.05, 3.63) is 37.0 Å². The molecule has 0 aliphatic heterocycles. The molecule has 0 bridgehead atoms. The Bertz CT molecular complexity index is 170. The van der Waals surface area contributed by atoms with Crippen LogP contribution in [0.3, 0.4) is 0 Å². The van der Waals surface area contributed by atoms with Crippen LogP contribution in [0.15, 0.2) is 24.5 Å². The van der Waals surface area contributed by atoms with Crippen LogP contribution >= 0.6 is 0 Å².